The van der Waals surface area contributed by atoms with Gasteiger partial charge in [0.15, 0.2) is 0 Å². The van der Waals surface area contributed by atoms with E-state index in [4.69, 9.17) is 87.4 Å². The number of nitro benzene ring substituents is 2. The fourth-order valence-electron chi connectivity index (χ4n) is 7.38. The van der Waals surface area contributed by atoms with E-state index >= 15 is 0 Å². The number of rotatable bonds is 6. The molecule has 20 nitrogen and oxygen atoms in total. The lowest BCUT2D eigenvalue weighted by molar-refractivity contribution is -0.384. The molecule has 31 heteroatoms. The molecule has 5 aromatic rings. The quantitative estimate of drug-likeness (QED) is 0.0402. The van der Waals surface area contributed by atoms with Gasteiger partial charge in [0.25, 0.3) is 23.2 Å². The maximum atomic E-state index is 13.7. The number of carbonyl (C=O) groups is 3. The Hall–Kier alpha value is -5.66. The minimum Gasteiger partial charge on any atom is -0.397 e. The van der Waals surface area contributed by atoms with Crippen LogP contribution in [0.15, 0.2) is 72.8 Å². The summed E-state index contributed by atoms with van der Waals surface area (Å²) in [5, 5.41) is 24.6. The molecular weight excluding hydrogens is 1300 g/mol. The van der Waals surface area contributed by atoms with Crippen molar-refractivity contribution in [2.75, 3.05) is 137 Å². The number of nitrogens with two attached hydrogens (primary N) is 1. The number of hydrogen-bond acceptors (Lipinski definition) is 15. The fraction of sp³-hybridized carbons (Fsp3) is 0.340. The summed E-state index contributed by atoms with van der Waals surface area (Å²) >= 11 is 29.9. The van der Waals surface area contributed by atoms with E-state index in [0.29, 0.717) is 104 Å². The molecule has 0 unspecified atom stereocenters. The molecule has 5 aromatic carbocycles. The van der Waals surface area contributed by atoms with Crippen LogP contribution in [-0.4, -0.2) is 139 Å². The predicted octanol–water partition coefficient (Wildman–Crippen LogP) is 9.93. The average molecular weight is 1350 g/mol. The highest BCUT2D eigenvalue weighted by atomic mass is 127. The number of anilines is 5. The van der Waals surface area contributed by atoms with Crippen molar-refractivity contribution in [3.8, 4) is 0 Å². The molecule has 5 aliphatic rings. The zero-order valence-electron chi connectivity index (χ0n) is 42.3. The molecule has 0 saturated carbocycles. The van der Waals surface area contributed by atoms with E-state index in [0.717, 1.165) is 23.1 Å². The Kier molecular flexibility index (Phi) is 26.8. The van der Waals surface area contributed by atoms with Crippen molar-refractivity contribution in [2.24, 2.45) is 0 Å². The van der Waals surface area contributed by atoms with Gasteiger partial charge in [-0.15, -0.1) is 0 Å². The number of hydrogen-bond donors (Lipinski definition) is 2. The van der Waals surface area contributed by atoms with Crippen LogP contribution in [0.4, 0.5) is 61.8 Å². The van der Waals surface area contributed by atoms with Crippen LogP contribution >= 0.6 is 80.6 Å². The van der Waals surface area contributed by atoms with Gasteiger partial charge in [0, 0.05) is 83.7 Å². The summed E-state index contributed by atoms with van der Waals surface area (Å²) in [4.78, 5) is 59.4. The molecule has 0 atom stereocenters. The van der Waals surface area contributed by atoms with Crippen molar-refractivity contribution in [3.05, 3.63) is 151 Å². The van der Waals surface area contributed by atoms with Crippen LogP contribution in [0.5, 0.6) is 0 Å². The van der Waals surface area contributed by atoms with Gasteiger partial charge in [0.05, 0.1) is 89.6 Å². The third-order valence-corrected chi connectivity index (χ3v) is 13.6. The SMILES string of the molecule is Fc1cc(Cl)ccc1I.Nc1cc(N2CCOCC2)c(F)cc1Cl.O=C1COCCN1.O=C1COCCN1c1cc([N+](=O)[O-])c(Cl)cc1F.O=C1COCCN1c1ccc(Cl)cc1F.O=[N+]([O-])c1cc(N2CCOCC2)c(F)cc1Cl. The van der Waals surface area contributed by atoms with Crippen molar-refractivity contribution in [2.45, 2.75) is 0 Å². The smallest absolute Gasteiger partial charge is 0.290 e. The number of nitrogens with zero attached hydrogens (tertiary/aromatic N) is 6. The van der Waals surface area contributed by atoms with E-state index in [1.54, 1.807) is 29.2 Å². The Balaban J connectivity index is 0.000000182. The van der Waals surface area contributed by atoms with E-state index < -0.39 is 38.9 Å². The maximum Gasteiger partial charge on any atom is 0.290 e. The van der Waals surface area contributed by atoms with Gasteiger partial charge in [-0.3, -0.25) is 34.6 Å². The lowest BCUT2D eigenvalue weighted by Crippen LogP contribution is -2.42. The van der Waals surface area contributed by atoms with Gasteiger partial charge in [-0.2, -0.15) is 0 Å². The summed E-state index contributed by atoms with van der Waals surface area (Å²) in [6.07, 6.45) is 0. The number of morpholine rings is 5. The molecule has 10 rings (SSSR count). The Morgan fingerprint density at radius 3 is 1.32 bits per heavy atom. The summed E-state index contributed by atoms with van der Waals surface area (Å²) in [7, 11) is 0. The molecule has 0 aliphatic carbocycles. The van der Waals surface area contributed by atoms with E-state index in [-0.39, 0.29) is 94.2 Å². The number of benzene rings is 5. The van der Waals surface area contributed by atoms with Crippen molar-refractivity contribution in [1.29, 1.82) is 0 Å². The highest BCUT2D eigenvalue weighted by Crippen LogP contribution is 2.35. The van der Waals surface area contributed by atoms with Crippen LogP contribution in [0.1, 0.15) is 0 Å². The van der Waals surface area contributed by atoms with Crippen molar-refractivity contribution in [3.63, 3.8) is 0 Å². The molecule has 3 N–H and O–H groups in total. The largest absolute Gasteiger partial charge is 0.397 e. The van der Waals surface area contributed by atoms with Gasteiger partial charge in [-0.1, -0.05) is 58.0 Å². The van der Waals surface area contributed by atoms with Crippen LogP contribution in [0.2, 0.25) is 25.1 Å². The summed E-state index contributed by atoms with van der Waals surface area (Å²) < 4.78 is 92.5. The van der Waals surface area contributed by atoms with Gasteiger partial charge in [-0.25, -0.2) is 22.0 Å². The first kappa shape index (κ1) is 66.1. The van der Waals surface area contributed by atoms with E-state index in [1.807, 2.05) is 27.5 Å². The Morgan fingerprint density at radius 1 is 0.494 bits per heavy atom. The van der Waals surface area contributed by atoms with Crippen LogP contribution < -0.4 is 30.7 Å². The highest BCUT2D eigenvalue weighted by molar-refractivity contribution is 14.1. The molecule has 5 aliphatic heterocycles. The van der Waals surface area contributed by atoms with Crippen LogP contribution in [-0.2, 0) is 38.1 Å². The van der Waals surface area contributed by atoms with Gasteiger partial charge in [0.2, 0.25) is 5.91 Å². The maximum absolute atomic E-state index is 13.7. The molecule has 0 spiro atoms. The van der Waals surface area contributed by atoms with Gasteiger partial charge in [-0.05, 0) is 71.1 Å². The molecule has 81 heavy (non-hydrogen) atoms. The van der Waals surface area contributed by atoms with Crippen LogP contribution in [0.3, 0.4) is 0 Å². The van der Waals surface area contributed by atoms with Crippen molar-refractivity contribution < 1.29 is 69.9 Å². The van der Waals surface area contributed by atoms with E-state index in [2.05, 4.69) is 5.32 Å². The zero-order chi connectivity index (χ0) is 59.3. The number of carbonyl (C=O) groups excluding carboxylic acids is 3. The number of halogens is 11. The third kappa shape index (κ3) is 20.3. The van der Waals surface area contributed by atoms with Crippen molar-refractivity contribution >= 4 is 138 Å². The number of ether oxygens (including phenoxy) is 5. The number of amides is 3. The van der Waals surface area contributed by atoms with Gasteiger partial charge in [0.1, 0.15) is 59.0 Å². The molecule has 0 radical (unpaired) electrons. The summed E-state index contributed by atoms with van der Waals surface area (Å²) in [5.41, 5.74) is 6.12. The average Bonchev–Trinajstić information content (AvgIpc) is 3.44. The zero-order valence-corrected chi connectivity index (χ0v) is 48.2. The monoisotopic (exact) mass is 1350 g/mol. The molecule has 438 valence electrons. The second-order valence-corrected chi connectivity index (χ2v) is 20.1. The fourth-order valence-corrected chi connectivity index (χ4v) is 8.62. The molecule has 5 heterocycles. The van der Waals surface area contributed by atoms with Gasteiger partial charge >= 0.3 is 0 Å². The van der Waals surface area contributed by atoms with Gasteiger partial charge < -0.3 is 54.3 Å². The summed E-state index contributed by atoms with van der Waals surface area (Å²) in [5.74, 6) is -3.11. The molecule has 5 fully saturated rings. The second kappa shape index (κ2) is 32.8. The number of nitrogens with one attached hydrogen (secondary N) is 1. The minimum absolute atomic E-state index is 0.00205. The third-order valence-electron chi connectivity index (χ3n) is 11.3. The molecular formula is C50H49Cl5F5IN8O12. The number of nitro groups is 2. The van der Waals surface area contributed by atoms with Crippen molar-refractivity contribution in [1.82, 2.24) is 5.32 Å². The molecule has 5 saturated heterocycles. The second-order valence-electron chi connectivity index (χ2n) is 16.8. The minimum atomic E-state index is -0.777. The number of nitrogen functional groups attached to an aromatic ring is 1. The normalized spacial score (nSPS) is 16.1. The molecule has 3 amide bonds. The Bertz CT molecular complexity index is 3020. The first-order valence-corrected chi connectivity index (χ1v) is 26.9. The topological polar surface area (TPSA) is 235 Å². The lowest BCUT2D eigenvalue weighted by Gasteiger charge is -2.29. The summed E-state index contributed by atoms with van der Waals surface area (Å²) in [6, 6.07) is 15.6. The first-order valence-electron chi connectivity index (χ1n) is 23.9. The molecule has 0 aromatic heterocycles. The lowest BCUT2D eigenvalue weighted by atomic mass is 10.2. The molecule has 0 bridgehead atoms. The summed E-state index contributed by atoms with van der Waals surface area (Å²) in [6.45, 7) is 7.15. The predicted molar refractivity (Wildman–Crippen MR) is 304 cm³/mol. The van der Waals surface area contributed by atoms with E-state index in [9.17, 15) is 56.6 Å². The van der Waals surface area contributed by atoms with Crippen LogP contribution in [0.25, 0.3) is 0 Å². The van der Waals surface area contributed by atoms with E-state index in [1.165, 1.54) is 35.2 Å². The first-order chi connectivity index (χ1) is 38.6. The van der Waals surface area contributed by atoms with Crippen LogP contribution in [0, 0.1) is 52.9 Å². The standard InChI is InChI=1S/C10H8ClFN2O4.C10H10ClFN2O3.C10H12ClFN2O.C10H9ClFNO2.C6H3ClFI.C4H7NO2/c11-6-3-7(12)9(4-8(6)14(16)17)13-1-2-18-5-10(13)15;11-7-5-8(12)10(6-9(7)14(15)16)13-1-3-17-4-2-13;11-7-5-8(12)10(6-9(7)13)14-1-3-15-4-2-14;11-7-1-2-9(8(12)5-7)13-3-4-15-6-10(13)14;7-4-1-2-6(9)5(8)3-4;6-4-3-7-2-1-5-4/h3-4H,1-2,5H2;5-6H,1-4H2;5-6H,1-4,13H2;1-2,5H,3-4,6H2;1-3H;1-3H2,(H,5,6). The highest BCUT2D eigenvalue weighted by Gasteiger charge is 2.28. The Labute approximate surface area is 498 Å². The Morgan fingerprint density at radius 2 is 0.901 bits per heavy atom.